The average molecular weight is 227 g/mol. The van der Waals surface area contributed by atoms with Gasteiger partial charge in [0.1, 0.15) is 0 Å². The third-order valence-corrected chi connectivity index (χ3v) is 3.92. The topological polar surface area (TPSA) is 18.5 Å². The molecule has 3 nitrogen and oxygen atoms in total. The monoisotopic (exact) mass is 227 g/mol. The van der Waals surface area contributed by atoms with Crippen LogP contribution in [0.2, 0.25) is 0 Å². The van der Waals surface area contributed by atoms with Crippen LogP contribution in [0.4, 0.5) is 0 Å². The van der Waals surface area contributed by atoms with Crippen molar-refractivity contribution < 1.29 is 0 Å². The molecule has 0 aliphatic carbocycles. The quantitative estimate of drug-likeness (QED) is 0.737. The zero-order valence-electron chi connectivity index (χ0n) is 11.7. The van der Waals surface area contributed by atoms with Crippen LogP contribution < -0.4 is 5.32 Å². The molecule has 0 saturated carbocycles. The Kier molecular flexibility index (Phi) is 5.73. The summed E-state index contributed by atoms with van der Waals surface area (Å²) in [5.74, 6) is 0.816. The van der Waals surface area contributed by atoms with Crippen molar-refractivity contribution in [1.82, 2.24) is 15.1 Å². The largest absolute Gasteiger partial charge is 0.317 e. The fraction of sp³-hybridized carbons (Fsp3) is 1.00. The van der Waals surface area contributed by atoms with Crippen molar-refractivity contribution in [3.05, 3.63) is 0 Å². The van der Waals surface area contributed by atoms with Crippen LogP contribution in [-0.2, 0) is 0 Å². The molecule has 0 aromatic rings. The summed E-state index contributed by atoms with van der Waals surface area (Å²) >= 11 is 0. The molecule has 3 atom stereocenters. The van der Waals surface area contributed by atoms with Crippen molar-refractivity contribution >= 4 is 0 Å². The van der Waals surface area contributed by atoms with Gasteiger partial charge in [0.15, 0.2) is 0 Å². The van der Waals surface area contributed by atoms with Crippen molar-refractivity contribution in [1.29, 1.82) is 0 Å². The molecule has 96 valence electrons. The Morgan fingerprint density at radius 1 is 1.38 bits per heavy atom. The molecule has 0 amide bonds. The summed E-state index contributed by atoms with van der Waals surface area (Å²) in [6.45, 7) is 8.43. The second-order valence-corrected chi connectivity index (χ2v) is 5.60. The van der Waals surface area contributed by atoms with Gasteiger partial charge in [0.2, 0.25) is 0 Å². The Morgan fingerprint density at radius 3 is 2.56 bits per heavy atom. The number of nitrogens with zero attached hydrogens (tertiary/aromatic N) is 2. The molecule has 1 aliphatic heterocycles. The highest BCUT2D eigenvalue weighted by Gasteiger charge is 2.30. The van der Waals surface area contributed by atoms with Crippen LogP contribution >= 0.6 is 0 Å². The second kappa shape index (κ2) is 6.58. The van der Waals surface area contributed by atoms with Gasteiger partial charge in [0.25, 0.3) is 0 Å². The van der Waals surface area contributed by atoms with E-state index in [2.05, 4.69) is 43.1 Å². The Hall–Kier alpha value is -0.120. The standard InChI is InChI=1S/C13H29N3/c1-11-9-16(10-13(11)15(4)5)8-6-7-12(2)14-3/h11-14H,6-10H2,1-5H3. The first-order valence-corrected chi connectivity index (χ1v) is 6.60. The van der Waals surface area contributed by atoms with E-state index in [1.165, 1.54) is 32.5 Å². The maximum atomic E-state index is 3.30. The summed E-state index contributed by atoms with van der Waals surface area (Å²) in [5.41, 5.74) is 0. The van der Waals surface area contributed by atoms with Crippen LogP contribution in [0, 0.1) is 5.92 Å². The fourth-order valence-corrected chi connectivity index (χ4v) is 2.67. The van der Waals surface area contributed by atoms with E-state index < -0.39 is 0 Å². The number of rotatable bonds is 6. The number of likely N-dealkylation sites (tertiary alicyclic amines) is 1. The molecule has 1 aliphatic rings. The van der Waals surface area contributed by atoms with E-state index in [0.717, 1.165) is 12.0 Å². The fourth-order valence-electron chi connectivity index (χ4n) is 2.67. The van der Waals surface area contributed by atoms with E-state index in [9.17, 15) is 0 Å². The van der Waals surface area contributed by atoms with Crippen molar-refractivity contribution in [3.8, 4) is 0 Å². The lowest BCUT2D eigenvalue weighted by Crippen LogP contribution is -2.34. The van der Waals surface area contributed by atoms with Gasteiger partial charge in [-0.15, -0.1) is 0 Å². The second-order valence-electron chi connectivity index (χ2n) is 5.60. The van der Waals surface area contributed by atoms with Gasteiger partial charge in [0, 0.05) is 25.2 Å². The lowest BCUT2D eigenvalue weighted by atomic mass is 10.1. The van der Waals surface area contributed by atoms with Crippen LogP contribution in [0.1, 0.15) is 26.7 Å². The van der Waals surface area contributed by atoms with Crippen molar-refractivity contribution in [2.45, 2.75) is 38.8 Å². The zero-order valence-corrected chi connectivity index (χ0v) is 11.7. The molecule has 16 heavy (non-hydrogen) atoms. The SMILES string of the molecule is CNC(C)CCCN1CC(C)C(N(C)C)C1. The normalized spacial score (nSPS) is 28.9. The molecule has 0 aromatic heterocycles. The predicted molar refractivity (Wildman–Crippen MR) is 70.8 cm³/mol. The van der Waals surface area contributed by atoms with Crippen molar-refractivity contribution in [2.24, 2.45) is 5.92 Å². The van der Waals surface area contributed by atoms with Gasteiger partial charge in [0.05, 0.1) is 0 Å². The van der Waals surface area contributed by atoms with Gasteiger partial charge in [-0.2, -0.15) is 0 Å². The first-order valence-electron chi connectivity index (χ1n) is 6.60. The van der Waals surface area contributed by atoms with Gasteiger partial charge < -0.3 is 15.1 Å². The Bertz CT molecular complexity index is 194. The molecule has 3 unspecified atom stereocenters. The third-order valence-electron chi connectivity index (χ3n) is 3.92. The molecule has 1 fully saturated rings. The lowest BCUT2D eigenvalue weighted by molar-refractivity contribution is 0.250. The molecule has 1 heterocycles. The molecule has 1 rings (SSSR count). The first-order chi connectivity index (χ1) is 7.54. The Balaban J connectivity index is 2.20. The molecular formula is C13H29N3. The van der Waals surface area contributed by atoms with E-state index in [0.29, 0.717) is 6.04 Å². The van der Waals surface area contributed by atoms with Crippen LogP contribution in [0.3, 0.4) is 0 Å². The maximum Gasteiger partial charge on any atom is 0.0254 e. The van der Waals surface area contributed by atoms with Crippen molar-refractivity contribution in [3.63, 3.8) is 0 Å². The van der Waals surface area contributed by atoms with E-state index in [1.807, 2.05) is 7.05 Å². The molecular weight excluding hydrogens is 198 g/mol. The minimum Gasteiger partial charge on any atom is -0.317 e. The third kappa shape index (κ3) is 4.04. The van der Waals surface area contributed by atoms with Crippen LogP contribution in [-0.4, -0.2) is 62.7 Å². The first kappa shape index (κ1) is 13.9. The van der Waals surface area contributed by atoms with E-state index in [1.54, 1.807) is 0 Å². The number of likely N-dealkylation sites (N-methyl/N-ethyl adjacent to an activating group) is 1. The highest BCUT2D eigenvalue weighted by molar-refractivity contribution is 4.86. The van der Waals surface area contributed by atoms with Crippen LogP contribution in [0.25, 0.3) is 0 Å². The Morgan fingerprint density at radius 2 is 2.06 bits per heavy atom. The molecule has 1 saturated heterocycles. The van der Waals surface area contributed by atoms with Crippen molar-refractivity contribution in [2.75, 3.05) is 40.8 Å². The van der Waals surface area contributed by atoms with E-state index in [-0.39, 0.29) is 0 Å². The lowest BCUT2D eigenvalue weighted by Gasteiger charge is -2.22. The van der Waals surface area contributed by atoms with Crippen LogP contribution in [0.5, 0.6) is 0 Å². The molecule has 0 aromatic carbocycles. The van der Waals surface area contributed by atoms with Gasteiger partial charge in [-0.3, -0.25) is 0 Å². The van der Waals surface area contributed by atoms with E-state index in [4.69, 9.17) is 0 Å². The highest BCUT2D eigenvalue weighted by atomic mass is 15.2. The Labute approximate surface area is 101 Å². The van der Waals surface area contributed by atoms with Gasteiger partial charge >= 0.3 is 0 Å². The van der Waals surface area contributed by atoms with E-state index >= 15 is 0 Å². The molecule has 3 heteroatoms. The molecule has 0 radical (unpaired) electrons. The maximum absolute atomic E-state index is 3.30. The van der Waals surface area contributed by atoms with Gasteiger partial charge in [-0.25, -0.2) is 0 Å². The molecule has 0 bridgehead atoms. The highest BCUT2D eigenvalue weighted by Crippen LogP contribution is 2.20. The zero-order chi connectivity index (χ0) is 12.1. The predicted octanol–water partition coefficient (Wildman–Crippen LogP) is 1.26. The summed E-state index contributed by atoms with van der Waals surface area (Å²) in [6, 6.07) is 1.41. The smallest absolute Gasteiger partial charge is 0.0254 e. The molecule has 0 spiro atoms. The summed E-state index contributed by atoms with van der Waals surface area (Å²) in [5, 5.41) is 3.30. The van der Waals surface area contributed by atoms with Gasteiger partial charge in [-0.1, -0.05) is 6.92 Å². The minimum absolute atomic E-state index is 0.657. The minimum atomic E-state index is 0.657. The van der Waals surface area contributed by atoms with Gasteiger partial charge in [-0.05, 0) is 53.4 Å². The summed E-state index contributed by atoms with van der Waals surface area (Å²) < 4.78 is 0. The number of hydrogen-bond donors (Lipinski definition) is 1. The summed E-state index contributed by atoms with van der Waals surface area (Å²) in [7, 11) is 6.45. The molecule has 1 N–H and O–H groups in total. The number of hydrogen-bond acceptors (Lipinski definition) is 3. The number of nitrogens with one attached hydrogen (secondary N) is 1. The summed E-state index contributed by atoms with van der Waals surface area (Å²) in [4.78, 5) is 5.00. The average Bonchev–Trinajstić information content (AvgIpc) is 2.59. The van der Waals surface area contributed by atoms with Crippen LogP contribution in [0.15, 0.2) is 0 Å². The summed E-state index contributed by atoms with van der Waals surface area (Å²) in [6.07, 6.45) is 2.60.